The van der Waals surface area contributed by atoms with Gasteiger partial charge in [0.1, 0.15) is 6.10 Å². The van der Waals surface area contributed by atoms with E-state index in [0.29, 0.717) is 18.8 Å². The highest BCUT2D eigenvalue weighted by atomic mass is 16.5. The number of carbonyl (C=O) groups excluding carboxylic acids is 1. The molecule has 2 N–H and O–H groups in total. The van der Waals surface area contributed by atoms with E-state index < -0.39 is 0 Å². The molecule has 0 aromatic carbocycles. The fourth-order valence-corrected chi connectivity index (χ4v) is 2.11. The smallest absolute Gasteiger partial charge is 0.306 e. The zero-order valence-electron chi connectivity index (χ0n) is 10.8. The molecule has 0 aromatic rings. The molecule has 0 aliphatic heterocycles. The van der Waals surface area contributed by atoms with Gasteiger partial charge in [-0.1, -0.05) is 13.3 Å². The van der Waals surface area contributed by atoms with Crippen molar-refractivity contribution in [2.45, 2.75) is 70.9 Å². The summed E-state index contributed by atoms with van der Waals surface area (Å²) in [5, 5.41) is 0. The highest BCUT2D eigenvalue weighted by Gasteiger charge is 2.25. The maximum absolute atomic E-state index is 11.6. The summed E-state index contributed by atoms with van der Waals surface area (Å²) in [6.07, 6.45) is 5.93. The minimum atomic E-state index is -0.281. The lowest BCUT2D eigenvalue weighted by Crippen LogP contribution is -2.34. The van der Waals surface area contributed by atoms with E-state index in [4.69, 9.17) is 10.5 Å². The van der Waals surface area contributed by atoms with Crippen LogP contribution in [-0.2, 0) is 9.53 Å². The van der Waals surface area contributed by atoms with E-state index in [1.807, 2.05) is 13.8 Å². The molecule has 0 amide bonds. The van der Waals surface area contributed by atoms with Gasteiger partial charge in [-0.05, 0) is 45.4 Å². The minimum Gasteiger partial charge on any atom is -0.462 e. The van der Waals surface area contributed by atoms with Gasteiger partial charge < -0.3 is 10.5 Å². The molecule has 2 unspecified atom stereocenters. The Hall–Kier alpha value is -0.570. The standard InChI is InChI=1S/C13H25NO2/c1-10-6-4-5-7-11(10)16-12(15)8-9-13(2,3)14/h10-11H,4-9,14H2,1-3H3. The van der Waals surface area contributed by atoms with Crippen LogP contribution in [0.25, 0.3) is 0 Å². The van der Waals surface area contributed by atoms with E-state index >= 15 is 0 Å². The van der Waals surface area contributed by atoms with E-state index in [-0.39, 0.29) is 17.6 Å². The Balaban J connectivity index is 2.28. The molecule has 0 heterocycles. The van der Waals surface area contributed by atoms with Crippen molar-refractivity contribution in [3.8, 4) is 0 Å². The summed E-state index contributed by atoms with van der Waals surface area (Å²) in [6, 6.07) is 0. The third-order valence-electron chi connectivity index (χ3n) is 3.29. The van der Waals surface area contributed by atoms with Crippen molar-refractivity contribution < 1.29 is 9.53 Å². The second kappa shape index (κ2) is 5.67. The van der Waals surface area contributed by atoms with Gasteiger partial charge in [-0.3, -0.25) is 4.79 Å². The predicted molar refractivity (Wildman–Crippen MR) is 65.0 cm³/mol. The van der Waals surface area contributed by atoms with Crippen LogP contribution >= 0.6 is 0 Å². The molecule has 1 aliphatic carbocycles. The van der Waals surface area contributed by atoms with Crippen LogP contribution in [0, 0.1) is 5.92 Å². The number of ether oxygens (including phenoxy) is 1. The Bertz CT molecular complexity index is 233. The fraction of sp³-hybridized carbons (Fsp3) is 0.923. The lowest BCUT2D eigenvalue weighted by atomic mass is 9.88. The molecule has 1 aliphatic rings. The molecular weight excluding hydrogens is 202 g/mol. The molecule has 0 spiro atoms. The van der Waals surface area contributed by atoms with Crippen LogP contribution in [0.4, 0.5) is 0 Å². The van der Waals surface area contributed by atoms with Crippen molar-refractivity contribution in [3.05, 3.63) is 0 Å². The first-order valence-corrected chi connectivity index (χ1v) is 6.37. The van der Waals surface area contributed by atoms with Crippen LogP contribution in [0.15, 0.2) is 0 Å². The Kier molecular flexibility index (Phi) is 4.78. The van der Waals surface area contributed by atoms with E-state index in [9.17, 15) is 4.79 Å². The van der Waals surface area contributed by atoms with Crippen LogP contribution in [0.5, 0.6) is 0 Å². The van der Waals surface area contributed by atoms with Crippen LogP contribution in [0.1, 0.15) is 59.3 Å². The monoisotopic (exact) mass is 227 g/mol. The van der Waals surface area contributed by atoms with E-state index in [1.54, 1.807) is 0 Å². The zero-order valence-corrected chi connectivity index (χ0v) is 10.8. The topological polar surface area (TPSA) is 52.3 Å². The highest BCUT2D eigenvalue weighted by Crippen LogP contribution is 2.26. The number of carbonyl (C=O) groups is 1. The minimum absolute atomic E-state index is 0.0859. The summed E-state index contributed by atoms with van der Waals surface area (Å²) in [4.78, 5) is 11.6. The Morgan fingerprint density at radius 3 is 2.56 bits per heavy atom. The molecule has 1 rings (SSSR count). The van der Waals surface area contributed by atoms with Crippen molar-refractivity contribution in [2.75, 3.05) is 0 Å². The summed E-state index contributed by atoms with van der Waals surface area (Å²) < 4.78 is 5.50. The quantitative estimate of drug-likeness (QED) is 0.751. The first-order valence-electron chi connectivity index (χ1n) is 6.37. The van der Waals surface area contributed by atoms with Crippen molar-refractivity contribution in [1.29, 1.82) is 0 Å². The highest BCUT2D eigenvalue weighted by molar-refractivity contribution is 5.69. The van der Waals surface area contributed by atoms with Gasteiger partial charge in [-0.25, -0.2) is 0 Å². The molecule has 3 heteroatoms. The molecule has 2 atom stereocenters. The Morgan fingerprint density at radius 1 is 1.38 bits per heavy atom. The average molecular weight is 227 g/mol. The van der Waals surface area contributed by atoms with Gasteiger partial charge in [0.05, 0.1) is 0 Å². The fourth-order valence-electron chi connectivity index (χ4n) is 2.11. The van der Waals surface area contributed by atoms with Gasteiger partial charge in [0, 0.05) is 12.0 Å². The maximum atomic E-state index is 11.6. The molecule has 0 radical (unpaired) electrons. The first-order chi connectivity index (χ1) is 7.38. The van der Waals surface area contributed by atoms with Gasteiger partial charge in [-0.15, -0.1) is 0 Å². The normalized spacial score (nSPS) is 26.5. The van der Waals surface area contributed by atoms with Gasteiger partial charge in [0.2, 0.25) is 0 Å². The maximum Gasteiger partial charge on any atom is 0.306 e. The lowest BCUT2D eigenvalue weighted by molar-refractivity contribution is -0.153. The SMILES string of the molecule is CC1CCCCC1OC(=O)CCC(C)(C)N. The first kappa shape index (κ1) is 13.5. The van der Waals surface area contributed by atoms with Crippen LogP contribution in [-0.4, -0.2) is 17.6 Å². The second-order valence-electron chi connectivity index (χ2n) is 5.78. The third kappa shape index (κ3) is 4.97. The Morgan fingerprint density at radius 2 is 2.00 bits per heavy atom. The van der Waals surface area contributed by atoms with Gasteiger partial charge in [-0.2, -0.15) is 0 Å². The molecular formula is C13H25NO2. The summed E-state index contributed by atoms with van der Waals surface area (Å²) in [5.74, 6) is 0.431. The van der Waals surface area contributed by atoms with Crippen molar-refractivity contribution in [2.24, 2.45) is 11.7 Å². The third-order valence-corrected chi connectivity index (χ3v) is 3.29. The number of hydrogen-bond acceptors (Lipinski definition) is 3. The number of nitrogens with two attached hydrogens (primary N) is 1. The average Bonchev–Trinajstić information content (AvgIpc) is 2.18. The van der Waals surface area contributed by atoms with E-state index in [2.05, 4.69) is 6.92 Å². The van der Waals surface area contributed by atoms with Crippen LogP contribution in [0.3, 0.4) is 0 Å². The number of hydrogen-bond donors (Lipinski definition) is 1. The summed E-state index contributed by atoms with van der Waals surface area (Å²) in [5.41, 5.74) is 5.56. The molecule has 1 fully saturated rings. The predicted octanol–water partition coefficient (Wildman–Crippen LogP) is 2.63. The molecule has 16 heavy (non-hydrogen) atoms. The summed E-state index contributed by atoms with van der Waals surface area (Å²) in [6.45, 7) is 6.04. The van der Waals surface area contributed by atoms with Crippen LogP contribution < -0.4 is 5.73 Å². The van der Waals surface area contributed by atoms with E-state index in [0.717, 1.165) is 6.42 Å². The number of esters is 1. The van der Waals surface area contributed by atoms with Gasteiger partial charge in [0.25, 0.3) is 0 Å². The Labute approximate surface area is 98.7 Å². The lowest BCUT2D eigenvalue weighted by Gasteiger charge is -2.28. The molecule has 3 nitrogen and oxygen atoms in total. The molecule has 1 saturated carbocycles. The largest absolute Gasteiger partial charge is 0.462 e. The van der Waals surface area contributed by atoms with Crippen molar-refractivity contribution in [1.82, 2.24) is 0 Å². The van der Waals surface area contributed by atoms with E-state index in [1.165, 1.54) is 19.3 Å². The van der Waals surface area contributed by atoms with Crippen molar-refractivity contribution >= 4 is 5.97 Å². The van der Waals surface area contributed by atoms with Gasteiger partial charge in [0.15, 0.2) is 0 Å². The molecule has 0 aromatic heterocycles. The van der Waals surface area contributed by atoms with Gasteiger partial charge >= 0.3 is 5.97 Å². The van der Waals surface area contributed by atoms with Crippen LogP contribution in [0.2, 0.25) is 0 Å². The second-order valence-corrected chi connectivity index (χ2v) is 5.78. The van der Waals surface area contributed by atoms with Crippen molar-refractivity contribution in [3.63, 3.8) is 0 Å². The summed E-state index contributed by atoms with van der Waals surface area (Å²) >= 11 is 0. The molecule has 0 bridgehead atoms. The zero-order chi connectivity index (χ0) is 12.2. The molecule has 0 saturated heterocycles. The molecule has 94 valence electrons. The summed E-state index contributed by atoms with van der Waals surface area (Å²) in [7, 11) is 0. The number of rotatable bonds is 4.